The minimum Gasteiger partial charge on any atom is -0.291 e. The summed E-state index contributed by atoms with van der Waals surface area (Å²) in [5.74, 6) is 2.34. The Kier molecular flexibility index (Phi) is 8.08. The number of carbonyl (C=O) groups excluding carboxylic acids is 1. The molecule has 0 saturated heterocycles. The number of tetrazole rings is 1. The topological polar surface area (TPSA) is 115 Å². The van der Waals surface area contributed by atoms with Crippen LogP contribution in [0.1, 0.15) is 86.7 Å². The van der Waals surface area contributed by atoms with Gasteiger partial charge in [0, 0.05) is 31.1 Å². The van der Waals surface area contributed by atoms with Crippen LogP contribution >= 0.6 is 0 Å². The van der Waals surface area contributed by atoms with Crippen LogP contribution in [-0.4, -0.2) is 46.2 Å². The molecule has 1 saturated carbocycles. The van der Waals surface area contributed by atoms with E-state index < -0.39 is 0 Å². The van der Waals surface area contributed by atoms with Crippen molar-refractivity contribution >= 4 is 5.78 Å². The summed E-state index contributed by atoms with van der Waals surface area (Å²) in [7, 11) is 0. The molecule has 192 valence electrons. The maximum Gasteiger partial charge on any atom is 0.217 e. The monoisotopic (exact) mass is 498 g/mol. The number of H-pyrrole nitrogens is 1. The fourth-order valence-electron chi connectivity index (χ4n) is 5.13. The van der Waals surface area contributed by atoms with Gasteiger partial charge in [0.2, 0.25) is 11.6 Å². The lowest BCUT2D eigenvalue weighted by atomic mass is 9.86. The first-order valence-electron chi connectivity index (χ1n) is 13.5. The quantitative estimate of drug-likeness (QED) is 0.216. The second-order valence-electron chi connectivity index (χ2n) is 9.94. The van der Waals surface area contributed by atoms with E-state index in [4.69, 9.17) is 4.98 Å². The standard InChI is InChI=1S/C28H34N8O/c1-2-3-7-17-36-25(30-27(33-36)24(37)18-20-9-5-4-6-10-20)19-21-12-14-22(15-13-21)23-11-8-16-29-26(23)28-31-34-35-32-28/h8,11-16,20H,2-7,9-10,17-19H2,1H3,(H,31,32,34,35). The van der Waals surface area contributed by atoms with Gasteiger partial charge in [0.05, 0.1) is 0 Å². The molecule has 9 nitrogen and oxygen atoms in total. The number of rotatable bonds is 11. The van der Waals surface area contributed by atoms with Crippen molar-refractivity contribution in [2.75, 3.05) is 0 Å². The highest BCUT2D eigenvalue weighted by Gasteiger charge is 2.22. The van der Waals surface area contributed by atoms with Gasteiger partial charge in [0.15, 0.2) is 5.82 Å². The molecule has 1 fully saturated rings. The zero-order chi connectivity index (χ0) is 25.5. The fourth-order valence-corrected chi connectivity index (χ4v) is 5.13. The molecule has 5 rings (SSSR count). The Hall–Kier alpha value is -3.75. The average Bonchev–Trinajstić information content (AvgIpc) is 3.61. The number of hydrogen-bond acceptors (Lipinski definition) is 7. The Morgan fingerprint density at radius 1 is 1.08 bits per heavy atom. The number of carbonyl (C=O) groups is 1. The van der Waals surface area contributed by atoms with Crippen LogP contribution in [-0.2, 0) is 13.0 Å². The predicted octanol–water partition coefficient (Wildman–Crippen LogP) is 5.45. The SMILES string of the molecule is CCCCCn1nc(C(=O)CC2CCCCC2)nc1Cc1ccc(-c2cccnc2-c2nnn[nH]2)cc1. The van der Waals surface area contributed by atoms with E-state index >= 15 is 0 Å². The highest BCUT2D eigenvalue weighted by Crippen LogP contribution is 2.29. The molecule has 37 heavy (non-hydrogen) atoms. The number of benzene rings is 1. The first-order chi connectivity index (χ1) is 18.2. The summed E-state index contributed by atoms with van der Waals surface area (Å²) in [6, 6.07) is 12.3. The second kappa shape index (κ2) is 12.0. The summed E-state index contributed by atoms with van der Waals surface area (Å²) in [6.45, 7) is 2.98. The van der Waals surface area contributed by atoms with Crippen LogP contribution in [0, 0.1) is 5.92 Å². The minimum absolute atomic E-state index is 0.0868. The summed E-state index contributed by atoms with van der Waals surface area (Å²) >= 11 is 0. The van der Waals surface area contributed by atoms with Crippen molar-refractivity contribution in [3.05, 3.63) is 59.8 Å². The summed E-state index contributed by atoms with van der Waals surface area (Å²) in [5.41, 5.74) is 3.80. The van der Waals surface area contributed by atoms with E-state index in [1.54, 1.807) is 6.20 Å². The van der Waals surface area contributed by atoms with Crippen molar-refractivity contribution in [2.45, 2.75) is 77.7 Å². The van der Waals surface area contributed by atoms with Crippen molar-refractivity contribution in [3.63, 3.8) is 0 Å². The molecule has 9 heteroatoms. The van der Waals surface area contributed by atoms with Crippen LogP contribution in [0.4, 0.5) is 0 Å². The number of Topliss-reactive ketones (excluding diaryl/α,β-unsaturated/α-hetero) is 1. The number of aromatic nitrogens is 8. The molecule has 1 aliphatic carbocycles. The van der Waals surface area contributed by atoms with E-state index in [-0.39, 0.29) is 5.78 Å². The Morgan fingerprint density at radius 2 is 1.92 bits per heavy atom. The van der Waals surface area contributed by atoms with Gasteiger partial charge in [0.1, 0.15) is 11.5 Å². The van der Waals surface area contributed by atoms with E-state index in [0.29, 0.717) is 36.1 Å². The van der Waals surface area contributed by atoms with Gasteiger partial charge in [-0.05, 0) is 40.0 Å². The molecule has 1 aromatic carbocycles. The first kappa shape index (κ1) is 24.9. The Labute approximate surface area is 217 Å². The van der Waals surface area contributed by atoms with E-state index in [1.807, 2.05) is 16.8 Å². The zero-order valence-electron chi connectivity index (χ0n) is 21.4. The average molecular weight is 499 g/mol. The number of ketones is 1. The van der Waals surface area contributed by atoms with Crippen LogP contribution in [0.25, 0.3) is 22.6 Å². The van der Waals surface area contributed by atoms with Crippen molar-refractivity contribution in [2.24, 2.45) is 5.92 Å². The lowest BCUT2D eigenvalue weighted by Crippen LogP contribution is -2.13. The molecule has 1 N–H and O–H groups in total. The van der Waals surface area contributed by atoms with Gasteiger partial charge in [-0.15, -0.1) is 10.2 Å². The van der Waals surface area contributed by atoms with Crippen LogP contribution in [0.2, 0.25) is 0 Å². The maximum atomic E-state index is 13.0. The van der Waals surface area contributed by atoms with Crippen molar-refractivity contribution in [1.82, 2.24) is 40.4 Å². The van der Waals surface area contributed by atoms with Gasteiger partial charge in [-0.1, -0.05) is 82.2 Å². The summed E-state index contributed by atoms with van der Waals surface area (Å²) in [5, 5.41) is 18.8. The number of hydrogen-bond donors (Lipinski definition) is 1. The predicted molar refractivity (Wildman–Crippen MR) is 141 cm³/mol. The third-order valence-corrected chi connectivity index (χ3v) is 7.17. The van der Waals surface area contributed by atoms with E-state index in [1.165, 1.54) is 19.3 Å². The third kappa shape index (κ3) is 6.15. The van der Waals surface area contributed by atoms with E-state index in [9.17, 15) is 4.79 Å². The van der Waals surface area contributed by atoms with Crippen LogP contribution < -0.4 is 0 Å². The van der Waals surface area contributed by atoms with E-state index in [0.717, 1.165) is 61.2 Å². The van der Waals surface area contributed by atoms with Gasteiger partial charge >= 0.3 is 0 Å². The minimum atomic E-state index is 0.0868. The molecule has 0 aliphatic heterocycles. The number of nitrogens with zero attached hydrogens (tertiary/aromatic N) is 7. The van der Waals surface area contributed by atoms with Gasteiger partial charge in [0.25, 0.3) is 0 Å². The van der Waals surface area contributed by atoms with Crippen molar-refractivity contribution < 1.29 is 4.79 Å². The molecule has 0 atom stereocenters. The van der Waals surface area contributed by atoms with Crippen LogP contribution in [0.15, 0.2) is 42.6 Å². The smallest absolute Gasteiger partial charge is 0.217 e. The third-order valence-electron chi connectivity index (χ3n) is 7.17. The Balaban J connectivity index is 1.34. The number of unbranched alkanes of at least 4 members (excludes halogenated alkanes) is 2. The van der Waals surface area contributed by atoms with Gasteiger partial charge in [-0.25, -0.2) is 14.8 Å². The van der Waals surface area contributed by atoms with Gasteiger partial charge < -0.3 is 0 Å². The molecule has 0 amide bonds. The maximum absolute atomic E-state index is 13.0. The van der Waals surface area contributed by atoms with Crippen LogP contribution in [0.3, 0.4) is 0 Å². The van der Waals surface area contributed by atoms with Gasteiger partial charge in [-0.3, -0.25) is 9.78 Å². The Bertz CT molecular complexity index is 1290. The first-order valence-corrected chi connectivity index (χ1v) is 13.5. The lowest BCUT2D eigenvalue weighted by molar-refractivity contribution is 0.0939. The molecule has 3 aromatic heterocycles. The molecule has 1 aliphatic rings. The van der Waals surface area contributed by atoms with Crippen molar-refractivity contribution in [3.8, 4) is 22.6 Å². The molecule has 0 unspecified atom stereocenters. The second-order valence-corrected chi connectivity index (χ2v) is 9.94. The molecule has 3 heterocycles. The number of aromatic amines is 1. The van der Waals surface area contributed by atoms with E-state index in [2.05, 4.69) is 61.9 Å². The number of nitrogens with one attached hydrogen (secondary N) is 1. The lowest BCUT2D eigenvalue weighted by Gasteiger charge is -2.19. The highest BCUT2D eigenvalue weighted by atomic mass is 16.1. The van der Waals surface area contributed by atoms with Crippen LogP contribution in [0.5, 0.6) is 0 Å². The highest BCUT2D eigenvalue weighted by molar-refractivity contribution is 5.92. The summed E-state index contributed by atoms with van der Waals surface area (Å²) in [4.78, 5) is 22.2. The normalized spacial score (nSPS) is 14.2. The molecule has 0 bridgehead atoms. The summed E-state index contributed by atoms with van der Waals surface area (Å²) in [6.07, 6.45) is 12.3. The number of aryl methyl sites for hydroxylation is 1. The Morgan fingerprint density at radius 3 is 2.68 bits per heavy atom. The van der Waals surface area contributed by atoms with Crippen molar-refractivity contribution in [1.29, 1.82) is 0 Å². The summed E-state index contributed by atoms with van der Waals surface area (Å²) < 4.78 is 1.95. The molecule has 0 spiro atoms. The zero-order valence-corrected chi connectivity index (χ0v) is 21.4. The largest absolute Gasteiger partial charge is 0.291 e. The molecule has 4 aromatic rings. The van der Waals surface area contributed by atoms with Gasteiger partial charge in [-0.2, -0.15) is 0 Å². The number of pyridine rings is 1. The molecular formula is C28H34N8O. The molecular weight excluding hydrogens is 464 g/mol. The molecule has 0 radical (unpaired) electrons. The fraction of sp³-hybridized carbons (Fsp3) is 0.464.